The molecule has 0 saturated carbocycles. The van der Waals surface area contributed by atoms with Gasteiger partial charge >= 0.3 is 0 Å². The van der Waals surface area contributed by atoms with Gasteiger partial charge in [0.1, 0.15) is 12.1 Å². The third-order valence-corrected chi connectivity index (χ3v) is 4.13. The maximum Gasteiger partial charge on any atom is 0.218 e. The van der Waals surface area contributed by atoms with Gasteiger partial charge in [-0.3, -0.25) is 0 Å². The second-order valence-electron chi connectivity index (χ2n) is 5.36. The van der Waals surface area contributed by atoms with E-state index in [4.69, 9.17) is 9.47 Å². The largest absolute Gasteiger partial charge is 0.481 e. The van der Waals surface area contributed by atoms with Crippen molar-refractivity contribution in [3.8, 4) is 5.88 Å². The van der Waals surface area contributed by atoms with Crippen molar-refractivity contribution in [1.82, 2.24) is 9.97 Å². The van der Waals surface area contributed by atoms with Crippen molar-refractivity contribution in [2.75, 3.05) is 38.8 Å². The number of anilines is 1. The Morgan fingerprint density at radius 1 is 1.45 bits per heavy atom. The van der Waals surface area contributed by atoms with Gasteiger partial charge < -0.3 is 19.5 Å². The monoisotopic (exact) mass is 281 g/mol. The number of aliphatic hydroxyl groups is 1. The molecule has 1 saturated heterocycles. The second kappa shape index (κ2) is 6.37. The summed E-state index contributed by atoms with van der Waals surface area (Å²) >= 11 is 0. The highest BCUT2D eigenvalue weighted by molar-refractivity contribution is 5.41. The van der Waals surface area contributed by atoms with Gasteiger partial charge in [-0.05, 0) is 12.8 Å². The molecule has 0 aromatic carbocycles. The molecule has 2 rings (SSSR count). The van der Waals surface area contributed by atoms with Gasteiger partial charge in [0.2, 0.25) is 5.88 Å². The molecule has 0 bridgehead atoms. The molecule has 6 nitrogen and oxygen atoms in total. The minimum absolute atomic E-state index is 0.160. The number of ether oxygens (including phenoxy) is 2. The summed E-state index contributed by atoms with van der Waals surface area (Å²) in [5.74, 6) is 1.56. The fourth-order valence-electron chi connectivity index (χ4n) is 2.64. The number of nitrogens with zero attached hydrogens (tertiary/aromatic N) is 3. The number of piperidine rings is 1. The lowest BCUT2D eigenvalue weighted by Crippen LogP contribution is -2.51. The van der Waals surface area contributed by atoms with Crippen LogP contribution < -0.4 is 9.64 Å². The van der Waals surface area contributed by atoms with E-state index in [2.05, 4.69) is 21.8 Å². The van der Waals surface area contributed by atoms with E-state index in [0.29, 0.717) is 25.3 Å². The molecule has 20 heavy (non-hydrogen) atoms. The lowest BCUT2D eigenvalue weighted by Gasteiger charge is -2.43. The molecule has 1 fully saturated rings. The summed E-state index contributed by atoms with van der Waals surface area (Å²) < 4.78 is 10.2. The SMILES string of the molecule is COCC[C@@]1(O)CCN(c2cc(OC)ncn2)C[C@@H]1C. The van der Waals surface area contributed by atoms with Crippen molar-refractivity contribution >= 4 is 5.82 Å². The lowest BCUT2D eigenvalue weighted by atomic mass is 9.80. The van der Waals surface area contributed by atoms with Crippen LogP contribution in [0.3, 0.4) is 0 Å². The number of methoxy groups -OCH3 is 2. The molecule has 6 heteroatoms. The first-order valence-corrected chi connectivity index (χ1v) is 6.91. The summed E-state index contributed by atoms with van der Waals surface area (Å²) in [6, 6.07) is 1.83. The molecule has 2 heterocycles. The normalized spacial score (nSPS) is 26.6. The number of aromatic nitrogens is 2. The van der Waals surface area contributed by atoms with Crippen LogP contribution in [-0.2, 0) is 4.74 Å². The van der Waals surface area contributed by atoms with E-state index >= 15 is 0 Å². The fourth-order valence-corrected chi connectivity index (χ4v) is 2.64. The molecule has 1 N–H and O–H groups in total. The Hall–Kier alpha value is -1.40. The number of hydrogen-bond acceptors (Lipinski definition) is 6. The number of hydrogen-bond donors (Lipinski definition) is 1. The minimum Gasteiger partial charge on any atom is -0.481 e. The van der Waals surface area contributed by atoms with Crippen molar-refractivity contribution in [2.45, 2.75) is 25.4 Å². The Bertz CT molecular complexity index is 443. The molecule has 0 amide bonds. The zero-order valence-electron chi connectivity index (χ0n) is 12.4. The summed E-state index contributed by atoms with van der Waals surface area (Å²) in [6.45, 7) is 4.19. The van der Waals surface area contributed by atoms with Crippen molar-refractivity contribution < 1.29 is 14.6 Å². The zero-order chi connectivity index (χ0) is 14.6. The second-order valence-corrected chi connectivity index (χ2v) is 5.36. The van der Waals surface area contributed by atoms with E-state index in [1.165, 1.54) is 6.33 Å². The van der Waals surface area contributed by atoms with Crippen molar-refractivity contribution in [2.24, 2.45) is 5.92 Å². The van der Waals surface area contributed by atoms with Crippen LogP contribution in [-0.4, -0.2) is 54.6 Å². The van der Waals surface area contributed by atoms with Crippen LogP contribution in [0, 0.1) is 5.92 Å². The Morgan fingerprint density at radius 2 is 2.25 bits per heavy atom. The van der Waals surface area contributed by atoms with Gasteiger partial charge in [-0.2, -0.15) is 0 Å². The van der Waals surface area contributed by atoms with Gasteiger partial charge in [0.25, 0.3) is 0 Å². The highest BCUT2D eigenvalue weighted by atomic mass is 16.5. The molecule has 112 valence electrons. The lowest BCUT2D eigenvalue weighted by molar-refractivity contribution is -0.0489. The fraction of sp³-hybridized carbons (Fsp3) is 0.714. The van der Waals surface area contributed by atoms with Gasteiger partial charge in [0.05, 0.1) is 12.7 Å². The smallest absolute Gasteiger partial charge is 0.218 e. The molecule has 2 atom stereocenters. The predicted octanol–water partition coefficient (Wildman–Crippen LogP) is 1.10. The first kappa shape index (κ1) is 15.0. The molecule has 0 unspecified atom stereocenters. The van der Waals surface area contributed by atoms with E-state index in [-0.39, 0.29) is 5.92 Å². The van der Waals surface area contributed by atoms with Gasteiger partial charge in [-0.25, -0.2) is 9.97 Å². The van der Waals surface area contributed by atoms with Crippen molar-refractivity contribution in [1.29, 1.82) is 0 Å². The van der Waals surface area contributed by atoms with Gasteiger partial charge in [0.15, 0.2) is 0 Å². The summed E-state index contributed by atoms with van der Waals surface area (Å²) in [6.07, 6.45) is 2.89. The van der Waals surface area contributed by atoms with Crippen molar-refractivity contribution in [3.05, 3.63) is 12.4 Å². The highest BCUT2D eigenvalue weighted by Crippen LogP contribution is 2.33. The Balaban J connectivity index is 2.04. The quantitative estimate of drug-likeness (QED) is 0.871. The topological polar surface area (TPSA) is 67.7 Å². The summed E-state index contributed by atoms with van der Waals surface area (Å²) in [5.41, 5.74) is -0.649. The molecule has 0 spiro atoms. The standard InChI is InChI=1S/C14H23N3O3/c1-11-9-17(6-4-14(11,18)5-7-19-2)12-8-13(20-3)16-10-15-12/h8,10-11,18H,4-7,9H2,1-3H3/t11-,14-/m0/s1. The Morgan fingerprint density at radius 3 is 2.90 bits per heavy atom. The maximum atomic E-state index is 10.7. The molecule has 1 aliphatic rings. The Kier molecular flexibility index (Phi) is 4.77. The molecule has 0 radical (unpaired) electrons. The van der Waals surface area contributed by atoms with Crippen LogP contribution in [0.2, 0.25) is 0 Å². The molecule has 1 aliphatic heterocycles. The zero-order valence-corrected chi connectivity index (χ0v) is 12.4. The van der Waals surface area contributed by atoms with Gasteiger partial charge in [0, 0.05) is 38.8 Å². The predicted molar refractivity (Wildman–Crippen MR) is 76.0 cm³/mol. The molecule has 0 aliphatic carbocycles. The van der Waals surface area contributed by atoms with Crippen LogP contribution in [0.25, 0.3) is 0 Å². The molecular weight excluding hydrogens is 258 g/mol. The summed E-state index contributed by atoms with van der Waals surface area (Å²) in [5, 5.41) is 10.7. The molecule has 1 aromatic rings. The van der Waals surface area contributed by atoms with E-state index in [1.807, 2.05) is 6.07 Å². The highest BCUT2D eigenvalue weighted by Gasteiger charge is 2.38. The number of rotatable bonds is 5. The van der Waals surface area contributed by atoms with E-state index < -0.39 is 5.60 Å². The van der Waals surface area contributed by atoms with Crippen LogP contribution in [0.5, 0.6) is 5.88 Å². The van der Waals surface area contributed by atoms with Crippen LogP contribution >= 0.6 is 0 Å². The summed E-state index contributed by atoms with van der Waals surface area (Å²) in [7, 11) is 3.25. The van der Waals surface area contributed by atoms with Gasteiger partial charge in [-0.1, -0.05) is 6.92 Å². The van der Waals surface area contributed by atoms with Crippen LogP contribution in [0.15, 0.2) is 12.4 Å². The maximum absolute atomic E-state index is 10.7. The Labute approximate surface area is 119 Å². The van der Waals surface area contributed by atoms with Gasteiger partial charge in [-0.15, -0.1) is 0 Å². The van der Waals surface area contributed by atoms with Crippen molar-refractivity contribution in [3.63, 3.8) is 0 Å². The van der Waals surface area contributed by atoms with E-state index in [1.54, 1.807) is 14.2 Å². The first-order chi connectivity index (χ1) is 9.59. The van der Waals surface area contributed by atoms with E-state index in [0.717, 1.165) is 18.9 Å². The third-order valence-electron chi connectivity index (χ3n) is 4.13. The van der Waals surface area contributed by atoms with Crippen LogP contribution in [0.4, 0.5) is 5.82 Å². The average molecular weight is 281 g/mol. The average Bonchev–Trinajstić information content (AvgIpc) is 2.48. The molecule has 1 aromatic heterocycles. The third kappa shape index (κ3) is 3.19. The van der Waals surface area contributed by atoms with E-state index in [9.17, 15) is 5.11 Å². The molecular formula is C14H23N3O3. The first-order valence-electron chi connectivity index (χ1n) is 6.91. The summed E-state index contributed by atoms with van der Waals surface area (Å²) in [4.78, 5) is 10.5. The van der Waals surface area contributed by atoms with Crippen LogP contribution in [0.1, 0.15) is 19.8 Å². The minimum atomic E-state index is -0.649.